The number of hydrogen-bond donors (Lipinski definition) is 1. The van der Waals surface area contributed by atoms with E-state index in [2.05, 4.69) is 5.32 Å². The normalized spacial score (nSPS) is 10.3. The molecule has 1 amide bonds. The predicted octanol–water partition coefficient (Wildman–Crippen LogP) is 3.19. The van der Waals surface area contributed by atoms with E-state index in [4.69, 9.17) is 14.2 Å². The fourth-order valence-electron chi connectivity index (χ4n) is 2.60. The number of nitrogens with one attached hydrogen (secondary N) is 1. The van der Waals surface area contributed by atoms with Crippen molar-refractivity contribution in [3.8, 4) is 17.2 Å². The summed E-state index contributed by atoms with van der Waals surface area (Å²) in [4.78, 5) is 12.3. The first-order valence-electron chi connectivity index (χ1n) is 8.10. The zero-order chi connectivity index (χ0) is 18.4. The molecule has 0 radical (unpaired) electrons. The maximum Gasteiger partial charge on any atom is 0.224 e. The average Bonchev–Trinajstić information content (AvgIpc) is 2.62. The second-order valence-electron chi connectivity index (χ2n) is 5.89. The smallest absolute Gasteiger partial charge is 0.224 e. The number of amides is 1. The van der Waals surface area contributed by atoms with Gasteiger partial charge in [0.05, 0.1) is 27.8 Å². The molecule has 2 aromatic rings. The Morgan fingerprint density at radius 2 is 1.52 bits per heavy atom. The van der Waals surface area contributed by atoms with Gasteiger partial charge in [0.1, 0.15) is 5.75 Å². The van der Waals surface area contributed by atoms with E-state index in [-0.39, 0.29) is 12.3 Å². The molecule has 0 heterocycles. The van der Waals surface area contributed by atoms with Crippen LogP contribution in [0.15, 0.2) is 30.3 Å². The summed E-state index contributed by atoms with van der Waals surface area (Å²) in [5.74, 6) is 1.99. The minimum atomic E-state index is -0.0589. The molecule has 0 fully saturated rings. The highest BCUT2D eigenvalue weighted by atomic mass is 16.5. The number of rotatable bonds is 7. The first-order chi connectivity index (χ1) is 12.0. The molecule has 0 unspecified atom stereocenters. The largest absolute Gasteiger partial charge is 0.496 e. The van der Waals surface area contributed by atoms with Crippen LogP contribution in [0.1, 0.15) is 22.3 Å². The molecule has 134 valence electrons. The van der Waals surface area contributed by atoms with Crippen molar-refractivity contribution in [3.63, 3.8) is 0 Å². The van der Waals surface area contributed by atoms with Gasteiger partial charge in [0.25, 0.3) is 0 Å². The molecule has 2 rings (SSSR count). The fraction of sp³-hybridized carbons (Fsp3) is 0.350. The first-order valence-corrected chi connectivity index (χ1v) is 8.10. The molecule has 2 aromatic carbocycles. The first kappa shape index (κ1) is 18.6. The van der Waals surface area contributed by atoms with Gasteiger partial charge in [-0.3, -0.25) is 4.79 Å². The van der Waals surface area contributed by atoms with Crippen LogP contribution in [0.2, 0.25) is 0 Å². The standard InChI is InChI=1S/C20H25NO4/c1-13-8-16(18(24-4)9-14(13)2)11-20(22)21-12-15-6-7-17(23-3)19(10-15)25-5/h6-10H,11-12H2,1-5H3,(H,21,22). The summed E-state index contributed by atoms with van der Waals surface area (Å²) in [5, 5.41) is 2.93. The van der Waals surface area contributed by atoms with Crippen molar-refractivity contribution in [3.05, 3.63) is 52.6 Å². The van der Waals surface area contributed by atoms with Gasteiger partial charge in [-0.05, 0) is 48.7 Å². The fourth-order valence-corrected chi connectivity index (χ4v) is 2.60. The minimum Gasteiger partial charge on any atom is -0.496 e. The number of benzene rings is 2. The van der Waals surface area contributed by atoms with Gasteiger partial charge in [0, 0.05) is 12.1 Å². The van der Waals surface area contributed by atoms with E-state index in [0.29, 0.717) is 18.0 Å². The Kier molecular flexibility index (Phi) is 6.28. The third-order valence-corrected chi connectivity index (χ3v) is 4.19. The maximum absolute atomic E-state index is 12.3. The second-order valence-corrected chi connectivity index (χ2v) is 5.89. The van der Waals surface area contributed by atoms with E-state index in [1.54, 1.807) is 21.3 Å². The Balaban J connectivity index is 2.03. The van der Waals surface area contributed by atoms with Gasteiger partial charge in [0.2, 0.25) is 5.91 Å². The van der Waals surface area contributed by atoms with Crippen LogP contribution in [0.4, 0.5) is 0 Å². The van der Waals surface area contributed by atoms with Crippen LogP contribution in [0.25, 0.3) is 0 Å². The van der Waals surface area contributed by atoms with Crippen LogP contribution in [0.5, 0.6) is 17.2 Å². The summed E-state index contributed by atoms with van der Waals surface area (Å²) >= 11 is 0. The Labute approximate surface area is 148 Å². The van der Waals surface area contributed by atoms with E-state index in [1.165, 1.54) is 0 Å². The van der Waals surface area contributed by atoms with Crippen LogP contribution in [-0.2, 0) is 17.8 Å². The molecule has 0 saturated heterocycles. The molecule has 1 N–H and O–H groups in total. The number of aryl methyl sites for hydroxylation is 2. The molecule has 0 bridgehead atoms. The van der Waals surface area contributed by atoms with E-state index < -0.39 is 0 Å². The molecule has 0 saturated carbocycles. The molecule has 5 nitrogen and oxygen atoms in total. The summed E-state index contributed by atoms with van der Waals surface area (Å²) in [6.45, 7) is 4.48. The van der Waals surface area contributed by atoms with Gasteiger partial charge in [-0.25, -0.2) is 0 Å². The lowest BCUT2D eigenvalue weighted by Gasteiger charge is -2.13. The predicted molar refractivity (Wildman–Crippen MR) is 97.6 cm³/mol. The highest BCUT2D eigenvalue weighted by molar-refractivity contribution is 5.79. The van der Waals surface area contributed by atoms with Crippen molar-refractivity contribution in [1.82, 2.24) is 5.32 Å². The number of hydrogen-bond acceptors (Lipinski definition) is 4. The monoisotopic (exact) mass is 343 g/mol. The van der Waals surface area contributed by atoms with Gasteiger partial charge in [-0.15, -0.1) is 0 Å². The number of carbonyl (C=O) groups is 1. The number of methoxy groups -OCH3 is 3. The van der Waals surface area contributed by atoms with E-state index >= 15 is 0 Å². The highest BCUT2D eigenvalue weighted by Gasteiger charge is 2.11. The molecule has 0 aliphatic rings. The summed E-state index contributed by atoms with van der Waals surface area (Å²) in [7, 11) is 4.80. The molecular weight excluding hydrogens is 318 g/mol. The van der Waals surface area contributed by atoms with Crippen molar-refractivity contribution in [2.75, 3.05) is 21.3 Å². The number of ether oxygens (including phenoxy) is 3. The van der Waals surface area contributed by atoms with Crippen LogP contribution in [-0.4, -0.2) is 27.2 Å². The summed E-state index contributed by atoms with van der Waals surface area (Å²) in [6.07, 6.45) is 0.275. The SMILES string of the molecule is COc1cc(C)c(C)cc1CC(=O)NCc1ccc(OC)c(OC)c1. The molecule has 0 atom stereocenters. The maximum atomic E-state index is 12.3. The van der Waals surface area contributed by atoms with Crippen LogP contribution < -0.4 is 19.5 Å². The quantitative estimate of drug-likeness (QED) is 0.839. The Morgan fingerprint density at radius 3 is 2.16 bits per heavy atom. The minimum absolute atomic E-state index is 0.0589. The van der Waals surface area contributed by atoms with Crippen LogP contribution in [0.3, 0.4) is 0 Å². The van der Waals surface area contributed by atoms with Crippen molar-refractivity contribution in [1.29, 1.82) is 0 Å². The Hall–Kier alpha value is -2.69. The third kappa shape index (κ3) is 4.66. The van der Waals surface area contributed by atoms with Gasteiger partial charge >= 0.3 is 0 Å². The van der Waals surface area contributed by atoms with Crippen molar-refractivity contribution in [2.45, 2.75) is 26.8 Å². The lowest BCUT2D eigenvalue weighted by Crippen LogP contribution is -2.24. The van der Waals surface area contributed by atoms with E-state index in [0.717, 1.165) is 28.0 Å². The van der Waals surface area contributed by atoms with Gasteiger partial charge in [0.15, 0.2) is 11.5 Å². The topological polar surface area (TPSA) is 56.8 Å². The molecular formula is C20H25NO4. The Morgan fingerprint density at radius 1 is 0.880 bits per heavy atom. The summed E-state index contributed by atoms with van der Waals surface area (Å²) in [6, 6.07) is 9.55. The summed E-state index contributed by atoms with van der Waals surface area (Å²) in [5.41, 5.74) is 4.11. The molecule has 0 spiro atoms. The van der Waals surface area contributed by atoms with Gasteiger partial charge in [-0.1, -0.05) is 12.1 Å². The molecule has 5 heteroatoms. The van der Waals surface area contributed by atoms with Crippen molar-refractivity contribution >= 4 is 5.91 Å². The number of carbonyl (C=O) groups excluding carboxylic acids is 1. The molecule has 0 aliphatic carbocycles. The lowest BCUT2D eigenvalue weighted by atomic mass is 10.0. The lowest BCUT2D eigenvalue weighted by molar-refractivity contribution is -0.120. The molecule has 0 aromatic heterocycles. The second kappa shape index (κ2) is 8.42. The van der Waals surface area contributed by atoms with Crippen molar-refractivity contribution in [2.24, 2.45) is 0 Å². The molecule has 0 aliphatic heterocycles. The average molecular weight is 343 g/mol. The molecule has 25 heavy (non-hydrogen) atoms. The third-order valence-electron chi connectivity index (χ3n) is 4.19. The highest BCUT2D eigenvalue weighted by Crippen LogP contribution is 2.27. The van der Waals surface area contributed by atoms with E-state index in [1.807, 2.05) is 44.2 Å². The van der Waals surface area contributed by atoms with Gasteiger partial charge < -0.3 is 19.5 Å². The van der Waals surface area contributed by atoms with Gasteiger partial charge in [-0.2, -0.15) is 0 Å². The Bertz CT molecular complexity index is 756. The summed E-state index contributed by atoms with van der Waals surface area (Å²) < 4.78 is 15.9. The zero-order valence-electron chi connectivity index (χ0n) is 15.4. The zero-order valence-corrected chi connectivity index (χ0v) is 15.4. The van der Waals surface area contributed by atoms with Crippen molar-refractivity contribution < 1.29 is 19.0 Å². The van der Waals surface area contributed by atoms with E-state index in [9.17, 15) is 4.79 Å². The van der Waals surface area contributed by atoms with Crippen LogP contribution in [0, 0.1) is 13.8 Å². The van der Waals surface area contributed by atoms with Crippen LogP contribution >= 0.6 is 0 Å².